The van der Waals surface area contributed by atoms with E-state index in [0.29, 0.717) is 26.1 Å². The average Bonchev–Trinajstić information content (AvgIpc) is 2.53. The second-order valence-electron chi connectivity index (χ2n) is 5.20. The Morgan fingerprint density at radius 3 is 2.71 bits per heavy atom. The first-order valence-electron chi connectivity index (χ1n) is 7.30. The zero-order valence-corrected chi connectivity index (χ0v) is 12.2. The van der Waals surface area contributed by atoms with Gasteiger partial charge in [0.2, 0.25) is 0 Å². The van der Waals surface area contributed by atoms with Crippen molar-refractivity contribution in [3.05, 3.63) is 30.1 Å². The molecule has 2 heterocycles. The number of urea groups is 1. The van der Waals surface area contributed by atoms with Crippen LogP contribution in [0.4, 0.5) is 4.79 Å². The summed E-state index contributed by atoms with van der Waals surface area (Å²) >= 11 is 0. The van der Waals surface area contributed by atoms with Crippen LogP contribution in [0.15, 0.2) is 24.5 Å². The SMILES string of the molecule is CCN(Cc1ccncc1)C(=O)N1CCCCC1C(=O)O. The highest BCUT2D eigenvalue weighted by Gasteiger charge is 2.33. The van der Waals surface area contributed by atoms with Gasteiger partial charge in [0.1, 0.15) is 6.04 Å². The Balaban J connectivity index is 2.09. The third-order valence-corrected chi connectivity index (χ3v) is 3.81. The van der Waals surface area contributed by atoms with E-state index in [1.165, 1.54) is 4.90 Å². The number of pyridine rings is 1. The molecule has 0 bridgehead atoms. The first-order chi connectivity index (χ1) is 10.1. The summed E-state index contributed by atoms with van der Waals surface area (Å²) < 4.78 is 0. The van der Waals surface area contributed by atoms with Gasteiger partial charge >= 0.3 is 12.0 Å². The van der Waals surface area contributed by atoms with Gasteiger partial charge in [0.05, 0.1) is 0 Å². The lowest BCUT2D eigenvalue weighted by atomic mass is 10.0. The van der Waals surface area contributed by atoms with Gasteiger partial charge in [0.25, 0.3) is 0 Å². The number of carbonyl (C=O) groups excluding carboxylic acids is 1. The predicted molar refractivity (Wildman–Crippen MR) is 77.7 cm³/mol. The number of carboxylic acids is 1. The van der Waals surface area contributed by atoms with E-state index in [0.717, 1.165) is 18.4 Å². The maximum Gasteiger partial charge on any atom is 0.326 e. The number of piperidine rings is 1. The molecule has 1 aromatic heterocycles. The molecule has 1 aliphatic heterocycles. The van der Waals surface area contributed by atoms with Crippen LogP contribution in [0.2, 0.25) is 0 Å². The summed E-state index contributed by atoms with van der Waals surface area (Å²) in [5.74, 6) is -0.914. The van der Waals surface area contributed by atoms with Gasteiger partial charge < -0.3 is 14.9 Å². The van der Waals surface area contributed by atoms with Gasteiger partial charge in [-0.2, -0.15) is 0 Å². The van der Waals surface area contributed by atoms with Crippen LogP contribution in [-0.2, 0) is 11.3 Å². The number of hydrogen-bond donors (Lipinski definition) is 1. The summed E-state index contributed by atoms with van der Waals surface area (Å²) in [6, 6.07) is 2.83. The minimum Gasteiger partial charge on any atom is -0.480 e. The molecule has 114 valence electrons. The minimum absolute atomic E-state index is 0.193. The third kappa shape index (κ3) is 3.71. The molecule has 6 heteroatoms. The van der Waals surface area contributed by atoms with E-state index in [9.17, 15) is 14.7 Å². The molecule has 2 rings (SSSR count). The van der Waals surface area contributed by atoms with Gasteiger partial charge in [-0.05, 0) is 43.9 Å². The van der Waals surface area contributed by atoms with Crippen LogP contribution in [0.25, 0.3) is 0 Å². The molecule has 0 saturated carbocycles. The van der Waals surface area contributed by atoms with Crippen LogP contribution >= 0.6 is 0 Å². The summed E-state index contributed by atoms with van der Waals surface area (Å²) in [6.45, 7) is 3.44. The highest BCUT2D eigenvalue weighted by atomic mass is 16.4. The molecule has 1 N–H and O–H groups in total. The van der Waals surface area contributed by atoms with E-state index in [-0.39, 0.29) is 6.03 Å². The van der Waals surface area contributed by atoms with Gasteiger partial charge in [-0.3, -0.25) is 4.98 Å². The van der Waals surface area contributed by atoms with E-state index < -0.39 is 12.0 Å². The standard InChI is InChI=1S/C15H21N3O3/c1-2-17(11-12-6-8-16-9-7-12)15(21)18-10-4-3-5-13(18)14(19)20/h6-9,13H,2-5,10-11H2,1H3,(H,19,20). The second kappa shape index (κ2) is 7.06. The molecule has 21 heavy (non-hydrogen) atoms. The number of amides is 2. The topological polar surface area (TPSA) is 73.7 Å². The van der Waals surface area contributed by atoms with Gasteiger partial charge in [0.15, 0.2) is 0 Å². The van der Waals surface area contributed by atoms with Gasteiger partial charge in [0, 0.05) is 32.0 Å². The van der Waals surface area contributed by atoms with Crippen LogP contribution in [0, 0.1) is 0 Å². The molecule has 1 aliphatic rings. The monoisotopic (exact) mass is 291 g/mol. The Labute approximate surface area is 124 Å². The second-order valence-corrected chi connectivity index (χ2v) is 5.20. The van der Waals surface area contributed by atoms with Crippen molar-refractivity contribution in [2.24, 2.45) is 0 Å². The Bertz CT molecular complexity index is 492. The maximum absolute atomic E-state index is 12.6. The molecule has 0 aromatic carbocycles. The minimum atomic E-state index is -0.914. The van der Waals surface area contributed by atoms with E-state index in [1.54, 1.807) is 17.3 Å². The average molecular weight is 291 g/mol. The molecule has 1 aromatic rings. The summed E-state index contributed by atoms with van der Waals surface area (Å²) in [6.07, 6.45) is 5.64. The molecule has 0 aliphatic carbocycles. The largest absolute Gasteiger partial charge is 0.480 e. The smallest absolute Gasteiger partial charge is 0.326 e. The van der Waals surface area contributed by atoms with Crippen molar-refractivity contribution >= 4 is 12.0 Å². The molecule has 1 unspecified atom stereocenters. The van der Waals surface area contributed by atoms with Crippen molar-refractivity contribution in [1.82, 2.24) is 14.8 Å². The number of hydrogen-bond acceptors (Lipinski definition) is 3. The van der Waals surface area contributed by atoms with Crippen LogP contribution in [0.5, 0.6) is 0 Å². The highest BCUT2D eigenvalue weighted by molar-refractivity contribution is 5.83. The van der Waals surface area contributed by atoms with Crippen LogP contribution in [0.3, 0.4) is 0 Å². The van der Waals surface area contributed by atoms with Crippen molar-refractivity contribution in [3.8, 4) is 0 Å². The highest BCUT2D eigenvalue weighted by Crippen LogP contribution is 2.19. The first-order valence-corrected chi connectivity index (χ1v) is 7.30. The Hall–Kier alpha value is -2.11. The predicted octanol–water partition coefficient (Wildman–Crippen LogP) is 1.96. The summed E-state index contributed by atoms with van der Waals surface area (Å²) in [4.78, 5) is 31.1. The molecule has 0 radical (unpaired) electrons. The van der Waals surface area contributed by atoms with Crippen molar-refractivity contribution in [2.45, 2.75) is 38.8 Å². The molecular weight excluding hydrogens is 270 g/mol. The van der Waals surface area contributed by atoms with Gasteiger partial charge in [-0.1, -0.05) is 0 Å². The molecule has 0 spiro atoms. The van der Waals surface area contributed by atoms with Crippen LogP contribution in [-0.4, -0.2) is 51.0 Å². The molecule has 1 atom stereocenters. The van der Waals surface area contributed by atoms with Crippen molar-refractivity contribution < 1.29 is 14.7 Å². The first kappa shape index (κ1) is 15.3. The van der Waals surface area contributed by atoms with E-state index in [1.807, 2.05) is 19.1 Å². The zero-order chi connectivity index (χ0) is 15.2. The zero-order valence-electron chi connectivity index (χ0n) is 12.2. The maximum atomic E-state index is 12.6. The van der Waals surface area contributed by atoms with Crippen molar-refractivity contribution in [3.63, 3.8) is 0 Å². The molecule has 6 nitrogen and oxygen atoms in total. The Morgan fingerprint density at radius 1 is 1.38 bits per heavy atom. The number of carbonyl (C=O) groups is 2. The van der Waals surface area contributed by atoms with Crippen molar-refractivity contribution in [1.29, 1.82) is 0 Å². The number of rotatable bonds is 4. The Kier molecular flexibility index (Phi) is 5.14. The lowest BCUT2D eigenvalue weighted by molar-refractivity contribution is -0.143. The van der Waals surface area contributed by atoms with E-state index >= 15 is 0 Å². The van der Waals surface area contributed by atoms with Crippen molar-refractivity contribution in [2.75, 3.05) is 13.1 Å². The number of aliphatic carboxylic acids is 1. The normalized spacial score (nSPS) is 18.3. The van der Waals surface area contributed by atoms with Crippen LogP contribution < -0.4 is 0 Å². The van der Waals surface area contributed by atoms with E-state index in [2.05, 4.69) is 4.98 Å². The number of carboxylic acid groups (broad SMARTS) is 1. The van der Waals surface area contributed by atoms with E-state index in [4.69, 9.17) is 0 Å². The summed E-state index contributed by atoms with van der Waals surface area (Å²) in [5.41, 5.74) is 0.990. The van der Waals surface area contributed by atoms with Gasteiger partial charge in [-0.15, -0.1) is 0 Å². The number of likely N-dealkylation sites (tertiary alicyclic amines) is 1. The lowest BCUT2D eigenvalue weighted by Crippen LogP contribution is -2.52. The fourth-order valence-corrected chi connectivity index (χ4v) is 2.62. The fourth-order valence-electron chi connectivity index (χ4n) is 2.62. The lowest BCUT2D eigenvalue weighted by Gasteiger charge is -2.36. The summed E-state index contributed by atoms with van der Waals surface area (Å²) in [5, 5.41) is 9.28. The quantitative estimate of drug-likeness (QED) is 0.920. The summed E-state index contributed by atoms with van der Waals surface area (Å²) in [7, 11) is 0. The number of aromatic nitrogens is 1. The molecule has 1 saturated heterocycles. The third-order valence-electron chi connectivity index (χ3n) is 3.81. The molecule has 1 fully saturated rings. The van der Waals surface area contributed by atoms with Gasteiger partial charge in [-0.25, -0.2) is 9.59 Å². The van der Waals surface area contributed by atoms with Crippen LogP contribution in [0.1, 0.15) is 31.7 Å². The Morgan fingerprint density at radius 2 is 2.10 bits per heavy atom. The molecule has 2 amide bonds. The molecular formula is C15H21N3O3. The fraction of sp³-hybridized carbons (Fsp3) is 0.533. The number of nitrogens with zero attached hydrogens (tertiary/aromatic N) is 3.